The second-order valence-electron chi connectivity index (χ2n) is 4.88. The number of rotatable bonds is 6. The van der Waals surface area contributed by atoms with E-state index in [1.165, 1.54) is 0 Å². The van der Waals surface area contributed by atoms with E-state index < -0.39 is 5.60 Å². The zero-order valence-electron chi connectivity index (χ0n) is 12.0. The van der Waals surface area contributed by atoms with Crippen LogP contribution < -0.4 is 4.74 Å². The van der Waals surface area contributed by atoms with Crippen molar-refractivity contribution in [3.63, 3.8) is 0 Å². The van der Waals surface area contributed by atoms with Crippen LogP contribution in [0.25, 0.3) is 0 Å². The van der Waals surface area contributed by atoms with Gasteiger partial charge >= 0.3 is 0 Å². The third kappa shape index (κ3) is 2.52. The fourth-order valence-electron chi connectivity index (χ4n) is 2.71. The molecule has 1 aromatic rings. The molecule has 1 heterocycles. The Bertz CT molecular complexity index is 461. The Morgan fingerprint density at radius 3 is 2.68 bits per heavy atom. The monoisotopic (exact) mass is 262 g/mol. The summed E-state index contributed by atoms with van der Waals surface area (Å²) in [6.07, 6.45) is 2.28. The normalized spacial score (nSPS) is 14.1. The third-order valence-electron chi connectivity index (χ3n) is 3.93. The Morgan fingerprint density at radius 1 is 1.32 bits per heavy atom. The van der Waals surface area contributed by atoms with Crippen molar-refractivity contribution in [3.05, 3.63) is 29.3 Å². The molecule has 0 aliphatic carbocycles. The molecule has 3 heteroatoms. The minimum atomic E-state index is -0.678. The number of Topliss-reactive ketones (excluding diaryl/α,β-unsaturated/α-hetero) is 1. The van der Waals surface area contributed by atoms with E-state index in [9.17, 15) is 4.79 Å². The van der Waals surface area contributed by atoms with Crippen LogP contribution in [-0.2, 0) is 11.2 Å². The van der Waals surface area contributed by atoms with Crippen molar-refractivity contribution in [3.8, 4) is 5.75 Å². The van der Waals surface area contributed by atoms with Gasteiger partial charge in [0.15, 0.2) is 5.78 Å². The molecule has 0 atom stereocenters. The number of fused-ring (bicyclic) bond motifs is 1. The molecule has 0 unspecified atom stereocenters. The quantitative estimate of drug-likeness (QED) is 0.737. The zero-order valence-corrected chi connectivity index (χ0v) is 12.0. The number of ketones is 1. The van der Waals surface area contributed by atoms with Crippen LogP contribution in [0.2, 0.25) is 0 Å². The highest BCUT2D eigenvalue weighted by Crippen LogP contribution is 2.30. The van der Waals surface area contributed by atoms with Gasteiger partial charge in [-0.15, -0.1) is 0 Å². The average molecular weight is 262 g/mol. The lowest BCUT2D eigenvalue weighted by Crippen LogP contribution is -2.40. The van der Waals surface area contributed by atoms with Gasteiger partial charge in [-0.25, -0.2) is 0 Å². The molecule has 1 aliphatic rings. The summed E-state index contributed by atoms with van der Waals surface area (Å²) in [4.78, 5) is 12.8. The van der Waals surface area contributed by atoms with Crippen molar-refractivity contribution < 1.29 is 14.3 Å². The van der Waals surface area contributed by atoms with E-state index in [1.807, 2.05) is 39.0 Å². The summed E-state index contributed by atoms with van der Waals surface area (Å²) in [7, 11) is 0. The molecule has 3 nitrogen and oxygen atoms in total. The van der Waals surface area contributed by atoms with E-state index in [0.717, 1.165) is 23.3 Å². The van der Waals surface area contributed by atoms with Crippen LogP contribution in [0.15, 0.2) is 18.2 Å². The summed E-state index contributed by atoms with van der Waals surface area (Å²) in [5.74, 6) is 1.00. The van der Waals surface area contributed by atoms with Gasteiger partial charge in [0, 0.05) is 18.6 Å². The number of benzene rings is 1. The molecule has 0 N–H and O–H groups in total. The fraction of sp³-hybridized carbons (Fsp3) is 0.562. The van der Waals surface area contributed by atoms with Crippen molar-refractivity contribution in [2.24, 2.45) is 0 Å². The molecule has 19 heavy (non-hydrogen) atoms. The minimum Gasteiger partial charge on any atom is -0.493 e. The Hall–Kier alpha value is -1.35. The van der Waals surface area contributed by atoms with Crippen molar-refractivity contribution in [1.82, 2.24) is 0 Å². The van der Waals surface area contributed by atoms with E-state index >= 15 is 0 Å². The predicted molar refractivity (Wildman–Crippen MR) is 74.9 cm³/mol. The second kappa shape index (κ2) is 5.74. The van der Waals surface area contributed by atoms with Gasteiger partial charge in [-0.05, 0) is 43.5 Å². The predicted octanol–water partition coefficient (Wildman–Crippen LogP) is 3.40. The van der Waals surface area contributed by atoms with Crippen LogP contribution in [0.5, 0.6) is 5.75 Å². The standard InChI is InChI=1S/C16H22O3/c1-4-16(5-2,19-6-3)15(17)13-7-8-14-12(11-13)9-10-18-14/h7-8,11H,4-6,9-10H2,1-3H3. The molecular formula is C16H22O3. The maximum absolute atomic E-state index is 12.8. The molecule has 0 aromatic heterocycles. The summed E-state index contributed by atoms with van der Waals surface area (Å²) in [5.41, 5.74) is 1.19. The van der Waals surface area contributed by atoms with Crippen LogP contribution in [0.4, 0.5) is 0 Å². The topological polar surface area (TPSA) is 35.5 Å². The third-order valence-corrected chi connectivity index (χ3v) is 3.93. The van der Waals surface area contributed by atoms with E-state index in [2.05, 4.69) is 0 Å². The molecule has 0 radical (unpaired) electrons. The SMILES string of the molecule is CCOC(CC)(CC)C(=O)c1ccc2c(c1)CCO2. The van der Waals surface area contributed by atoms with Crippen molar-refractivity contribution in [2.45, 2.75) is 45.6 Å². The van der Waals surface area contributed by atoms with Gasteiger partial charge in [-0.1, -0.05) is 13.8 Å². The van der Waals surface area contributed by atoms with Crippen molar-refractivity contribution >= 4 is 5.78 Å². The van der Waals surface area contributed by atoms with E-state index in [-0.39, 0.29) is 5.78 Å². The molecule has 2 rings (SSSR count). The number of carbonyl (C=O) groups is 1. The lowest BCUT2D eigenvalue weighted by atomic mass is 9.87. The van der Waals surface area contributed by atoms with Gasteiger partial charge in [-0.3, -0.25) is 4.79 Å². The molecule has 104 valence electrons. The molecule has 0 fully saturated rings. The Kier molecular flexibility index (Phi) is 4.25. The molecular weight excluding hydrogens is 240 g/mol. The van der Waals surface area contributed by atoms with Gasteiger partial charge in [0.1, 0.15) is 11.4 Å². The molecule has 0 spiro atoms. The first-order valence-electron chi connectivity index (χ1n) is 7.11. The van der Waals surface area contributed by atoms with Gasteiger partial charge in [0.25, 0.3) is 0 Å². The van der Waals surface area contributed by atoms with Crippen molar-refractivity contribution in [2.75, 3.05) is 13.2 Å². The molecule has 1 aromatic carbocycles. The lowest BCUT2D eigenvalue weighted by molar-refractivity contribution is -0.0250. The Morgan fingerprint density at radius 2 is 2.05 bits per heavy atom. The molecule has 0 saturated heterocycles. The maximum atomic E-state index is 12.8. The first kappa shape index (κ1) is 14.1. The molecule has 1 aliphatic heterocycles. The highest BCUT2D eigenvalue weighted by atomic mass is 16.5. The summed E-state index contributed by atoms with van der Waals surface area (Å²) < 4.78 is 11.3. The Labute approximate surface area is 114 Å². The van der Waals surface area contributed by atoms with Crippen LogP contribution in [0.3, 0.4) is 0 Å². The van der Waals surface area contributed by atoms with Gasteiger partial charge < -0.3 is 9.47 Å². The first-order chi connectivity index (χ1) is 9.16. The number of hydrogen-bond donors (Lipinski definition) is 0. The maximum Gasteiger partial charge on any atom is 0.194 e. The first-order valence-corrected chi connectivity index (χ1v) is 7.11. The lowest BCUT2D eigenvalue weighted by Gasteiger charge is -2.30. The van der Waals surface area contributed by atoms with Crippen LogP contribution in [-0.4, -0.2) is 24.6 Å². The van der Waals surface area contributed by atoms with Crippen LogP contribution in [0.1, 0.15) is 49.5 Å². The highest BCUT2D eigenvalue weighted by molar-refractivity contribution is 6.02. The Balaban J connectivity index is 2.31. The smallest absolute Gasteiger partial charge is 0.194 e. The van der Waals surface area contributed by atoms with Crippen molar-refractivity contribution in [1.29, 1.82) is 0 Å². The van der Waals surface area contributed by atoms with E-state index in [4.69, 9.17) is 9.47 Å². The molecule has 0 saturated carbocycles. The number of hydrogen-bond acceptors (Lipinski definition) is 3. The van der Waals surface area contributed by atoms with Gasteiger partial charge in [0.2, 0.25) is 0 Å². The summed E-state index contributed by atoms with van der Waals surface area (Å²) in [6.45, 7) is 7.22. The summed E-state index contributed by atoms with van der Waals surface area (Å²) in [5, 5.41) is 0. The number of ether oxygens (including phenoxy) is 2. The van der Waals surface area contributed by atoms with Crippen LogP contribution in [0, 0.1) is 0 Å². The second-order valence-corrected chi connectivity index (χ2v) is 4.88. The van der Waals surface area contributed by atoms with E-state index in [0.29, 0.717) is 26.1 Å². The average Bonchev–Trinajstić information content (AvgIpc) is 2.91. The fourth-order valence-corrected chi connectivity index (χ4v) is 2.71. The largest absolute Gasteiger partial charge is 0.493 e. The summed E-state index contributed by atoms with van der Waals surface area (Å²) >= 11 is 0. The number of carbonyl (C=O) groups excluding carboxylic acids is 1. The van der Waals surface area contributed by atoms with Gasteiger partial charge in [-0.2, -0.15) is 0 Å². The minimum absolute atomic E-state index is 0.0917. The van der Waals surface area contributed by atoms with E-state index in [1.54, 1.807) is 0 Å². The molecule has 0 bridgehead atoms. The summed E-state index contributed by atoms with van der Waals surface area (Å²) in [6, 6.07) is 5.72. The van der Waals surface area contributed by atoms with Gasteiger partial charge in [0.05, 0.1) is 6.61 Å². The zero-order chi connectivity index (χ0) is 13.9. The highest BCUT2D eigenvalue weighted by Gasteiger charge is 2.36. The van der Waals surface area contributed by atoms with Crippen LogP contribution >= 0.6 is 0 Å². The molecule has 0 amide bonds.